The van der Waals surface area contributed by atoms with Gasteiger partial charge < -0.3 is 20.5 Å². The number of rotatable bonds is 9. The van der Waals surface area contributed by atoms with Gasteiger partial charge >= 0.3 is 0 Å². The second kappa shape index (κ2) is 11.2. The van der Waals surface area contributed by atoms with Crippen LogP contribution in [-0.4, -0.2) is 74.6 Å². The van der Waals surface area contributed by atoms with Crippen LogP contribution in [0.15, 0.2) is 4.99 Å². The van der Waals surface area contributed by atoms with Crippen molar-refractivity contribution in [2.45, 2.75) is 59.4 Å². The lowest BCUT2D eigenvalue weighted by Gasteiger charge is -2.39. The van der Waals surface area contributed by atoms with Gasteiger partial charge in [0.1, 0.15) is 0 Å². The standard InChI is InChI=1S/C21H42N4O2/c1-5-22-20(24-15-21(8-12-26)9-13-27-16-21)23-14-19(17(2)3)25-10-6-18(4)7-11-25/h17-19,26H,5-16H2,1-4H3,(H2,22,23,24). The minimum absolute atomic E-state index is 0.00242. The lowest BCUT2D eigenvalue weighted by Crippen LogP contribution is -2.51. The predicted octanol–water partition coefficient (Wildman–Crippen LogP) is 2.09. The van der Waals surface area contributed by atoms with Crippen molar-refractivity contribution in [2.75, 3.05) is 52.5 Å². The first kappa shape index (κ1) is 22.4. The van der Waals surface area contributed by atoms with Crippen molar-refractivity contribution >= 4 is 5.96 Å². The molecule has 27 heavy (non-hydrogen) atoms. The van der Waals surface area contributed by atoms with E-state index in [9.17, 15) is 5.11 Å². The third-order valence-electron chi connectivity index (χ3n) is 6.28. The van der Waals surface area contributed by atoms with Crippen LogP contribution in [0.5, 0.6) is 0 Å². The molecule has 2 atom stereocenters. The number of hydrogen-bond acceptors (Lipinski definition) is 4. The summed E-state index contributed by atoms with van der Waals surface area (Å²) in [6.07, 6.45) is 4.36. The van der Waals surface area contributed by atoms with Crippen LogP contribution < -0.4 is 10.6 Å². The fourth-order valence-electron chi connectivity index (χ4n) is 4.22. The summed E-state index contributed by atoms with van der Waals surface area (Å²) in [4.78, 5) is 7.51. The molecule has 0 bridgehead atoms. The molecular formula is C21H42N4O2. The van der Waals surface area contributed by atoms with Crippen LogP contribution >= 0.6 is 0 Å². The first-order valence-electron chi connectivity index (χ1n) is 10.9. The molecular weight excluding hydrogens is 340 g/mol. The van der Waals surface area contributed by atoms with Crippen molar-refractivity contribution in [3.63, 3.8) is 0 Å². The van der Waals surface area contributed by atoms with E-state index in [0.29, 0.717) is 25.1 Å². The first-order valence-corrected chi connectivity index (χ1v) is 10.9. The number of likely N-dealkylation sites (tertiary alicyclic amines) is 1. The van der Waals surface area contributed by atoms with Gasteiger partial charge in [0, 0.05) is 37.8 Å². The van der Waals surface area contributed by atoms with Crippen LogP contribution in [0.2, 0.25) is 0 Å². The quantitative estimate of drug-likeness (QED) is 0.421. The van der Waals surface area contributed by atoms with Crippen LogP contribution in [0.25, 0.3) is 0 Å². The number of hydrogen-bond donors (Lipinski definition) is 3. The highest BCUT2D eigenvalue weighted by Crippen LogP contribution is 2.32. The van der Waals surface area contributed by atoms with E-state index in [2.05, 4.69) is 43.2 Å². The molecule has 2 saturated heterocycles. The van der Waals surface area contributed by atoms with Gasteiger partial charge in [0.2, 0.25) is 0 Å². The number of aliphatic imine (C=N–C) groups is 1. The Morgan fingerprint density at radius 1 is 1.30 bits per heavy atom. The predicted molar refractivity (Wildman–Crippen MR) is 112 cm³/mol. The summed E-state index contributed by atoms with van der Waals surface area (Å²) in [7, 11) is 0. The molecule has 0 aromatic carbocycles. The highest BCUT2D eigenvalue weighted by atomic mass is 16.5. The molecule has 0 amide bonds. The Hall–Kier alpha value is -0.850. The summed E-state index contributed by atoms with van der Waals surface area (Å²) in [5.74, 6) is 2.35. The summed E-state index contributed by atoms with van der Waals surface area (Å²) in [5.41, 5.74) is -0.00242. The van der Waals surface area contributed by atoms with E-state index < -0.39 is 0 Å². The molecule has 2 aliphatic rings. The molecule has 2 aliphatic heterocycles. The summed E-state index contributed by atoms with van der Waals surface area (Å²) in [5, 5.41) is 16.4. The Bertz CT molecular complexity index is 441. The SMILES string of the molecule is CCNC(=NCC1(CCO)CCOC1)NCC(C(C)C)N1CCC(C)CC1. The van der Waals surface area contributed by atoms with Crippen LogP contribution in [0.3, 0.4) is 0 Å². The zero-order chi connectivity index (χ0) is 19.7. The van der Waals surface area contributed by atoms with Crippen molar-refractivity contribution < 1.29 is 9.84 Å². The molecule has 2 rings (SSSR count). The van der Waals surface area contributed by atoms with Crippen molar-refractivity contribution in [1.82, 2.24) is 15.5 Å². The molecule has 0 aromatic rings. The van der Waals surface area contributed by atoms with Crippen LogP contribution in [0, 0.1) is 17.3 Å². The number of nitrogens with zero attached hydrogens (tertiary/aromatic N) is 2. The highest BCUT2D eigenvalue weighted by Gasteiger charge is 2.34. The second-order valence-corrected chi connectivity index (χ2v) is 8.88. The summed E-state index contributed by atoms with van der Waals surface area (Å²) in [6, 6.07) is 0.530. The molecule has 2 unspecified atom stereocenters. The lowest BCUT2D eigenvalue weighted by atomic mass is 9.84. The highest BCUT2D eigenvalue weighted by molar-refractivity contribution is 5.79. The topological polar surface area (TPSA) is 69.1 Å². The monoisotopic (exact) mass is 382 g/mol. The maximum Gasteiger partial charge on any atom is 0.191 e. The van der Waals surface area contributed by atoms with Gasteiger partial charge in [-0.15, -0.1) is 0 Å². The Labute approximate surface area is 166 Å². The van der Waals surface area contributed by atoms with Gasteiger partial charge in [0.15, 0.2) is 5.96 Å². The molecule has 2 heterocycles. The van der Waals surface area contributed by atoms with Crippen molar-refractivity contribution in [3.05, 3.63) is 0 Å². The van der Waals surface area contributed by atoms with Crippen LogP contribution in [0.1, 0.15) is 53.4 Å². The molecule has 3 N–H and O–H groups in total. The third-order valence-corrected chi connectivity index (χ3v) is 6.28. The Morgan fingerprint density at radius 2 is 2.04 bits per heavy atom. The summed E-state index contributed by atoms with van der Waals surface area (Å²) < 4.78 is 5.60. The van der Waals surface area contributed by atoms with Gasteiger partial charge in [-0.1, -0.05) is 20.8 Å². The number of guanidine groups is 1. The molecule has 0 radical (unpaired) electrons. The minimum atomic E-state index is -0.00242. The van der Waals surface area contributed by atoms with Gasteiger partial charge in [-0.3, -0.25) is 9.89 Å². The lowest BCUT2D eigenvalue weighted by molar-refractivity contribution is 0.110. The van der Waals surface area contributed by atoms with Gasteiger partial charge in [-0.25, -0.2) is 0 Å². The van der Waals surface area contributed by atoms with E-state index in [1.54, 1.807) is 0 Å². The number of nitrogens with one attached hydrogen (secondary N) is 2. The number of aliphatic hydroxyl groups is 1. The smallest absolute Gasteiger partial charge is 0.191 e. The molecule has 0 saturated carbocycles. The first-order chi connectivity index (χ1) is 13.0. The van der Waals surface area contributed by atoms with Crippen molar-refractivity contribution in [3.8, 4) is 0 Å². The summed E-state index contributed by atoms with van der Waals surface area (Å²) in [6.45, 7) is 15.7. The molecule has 6 nitrogen and oxygen atoms in total. The molecule has 0 spiro atoms. The fourth-order valence-corrected chi connectivity index (χ4v) is 4.22. The number of piperidine rings is 1. The Morgan fingerprint density at radius 3 is 2.59 bits per heavy atom. The van der Waals surface area contributed by atoms with Crippen LogP contribution in [0.4, 0.5) is 0 Å². The van der Waals surface area contributed by atoms with E-state index in [1.807, 2.05) is 0 Å². The normalized spacial score (nSPS) is 26.5. The van der Waals surface area contributed by atoms with E-state index in [0.717, 1.165) is 44.4 Å². The van der Waals surface area contributed by atoms with E-state index >= 15 is 0 Å². The minimum Gasteiger partial charge on any atom is -0.396 e. The van der Waals surface area contributed by atoms with Crippen molar-refractivity contribution in [1.29, 1.82) is 0 Å². The number of aliphatic hydroxyl groups excluding tert-OH is 1. The zero-order valence-electron chi connectivity index (χ0n) is 18.0. The molecule has 158 valence electrons. The molecule has 0 aromatic heterocycles. The van der Waals surface area contributed by atoms with E-state index in [1.165, 1.54) is 25.9 Å². The third kappa shape index (κ3) is 6.91. The van der Waals surface area contributed by atoms with E-state index in [4.69, 9.17) is 9.73 Å². The molecule has 6 heteroatoms. The zero-order valence-corrected chi connectivity index (χ0v) is 18.0. The second-order valence-electron chi connectivity index (χ2n) is 8.88. The maximum atomic E-state index is 9.42. The maximum absolute atomic E-state index is 9.42. The van der Waals surface area contributed by atoms with Crippen molar-refractivity contribution in [2.24, 2.45) is 22.2 Å². The largest absolute Gasteiger partial charge is 0.396 e. The Kier molecular flexibility index (Phi) is 9.33. The van der Waals surface area contributed by atoms with Gasteiger partial charge in [-0.05, 0) is 57.5 Å². The van der Waals surface area contributed by atoms with Gasteiger partial charge in [-0.2, -0.15) is 0 Å². The molecule has 0 aliphatic carbocycles. The summed E-state index contributed by atoms with van der Waals surface area (Å²) >= 11 is 0. The fraction of sp³-hybridized carbons (Fsp3) is 0.952. The Balaban J connectivity index is 1.94. The van der Waals surface area contributed by atoms with E-state index in [-0.39, 0.29) is 12.0 Å². The average Bonchev–Trinajstić information content (AvgIpc) is 3.10. The van der Waals surface area contributed by atoms with Gasteiger partial charge in [0.25, 0.3) is 0 Å². The number of ether oxygens (including phenoxy) is 1. The molecule has 2 fully saturated rings. The average molecular weight is 383 g/mol. The van der Waals surface area contributed by atoms with Gasteiger partial charge in [0.05, 0.1) is 13.2 Å². The van der Waals surface area contributed by atoms with Crippen LogP contribution in [-0.2, 0) is 4.74 Å².